The molecule has 0 bridgehead atoms. The van der Waals surface area contributed by atoms with Crippen LogP contribution in [0.4, 0.5) is 0 Å². The van der Waals surface area contributed by atoms with Gasteiger partial charge in [-0.3, -0.25) is 4.79 Å². The molecule has 35 heavy (non-hydrogen) atoms. The van der Waals surface area contributed by atoms with Crippen molar-refractivity contribution < 1.29 is 14.3 Å². The summed E-state index contributed by atoms with van der Waals surface area (Å²) in [7, 11) is 0. The van der Waals surface area contributed by atoms with Crippen molar-refractivity contribution in [3.05, 3.63) is 65.0 Å². The molecule has 1 amide bonds. The van der Waals surface area contributed by atoms with Crippen LogP contribution in [0.25, 0.3) is 16.6 Å². The van der Waals surface area contributed by atoms with Crippen LogP contribution in [-0.2, 0) is 11.2 Å². The summed E-state index contributed by atoms with van der Waals surface area (Å²) < 4.78 is 13.6. The molecule has 7 heteroatoms. The number of carbonyl (C=O) groups excluding carboxylic acids is 1. The maximum atomic E-state index is 13.4. The van der Waals surface area contributed by atoms with E-state index in [4.69, 9.17) is 19.6 Å². The molecule has 1 saturated heterocycles. The van der Waals surface area contributed by atoms with E-state index in [0.29, 0.717) is 26.1 Å². The molecule has 4 aromatic rings. The van der Waals surface area contributed by atoms with Crippen LogP contribution >= 0.6 is 0 Å². The third kappa shape index (κ3) is 3.89. The lowest BCUT2D eigenvalue weighted by atomic mass is 10.0. The van der Waals surface area contributed by atoms with Crippen molar-refractivity contribution >= 4 is 22.5 Å². The van der Waals surface area contributed by atoms with Crippen LogP contribution in [0.3, 0.4) is 0 Å². The second-order valence-electron chi connectivity index (χ2n) is 9.52. The van der Waals surface area contributed by atoms with Gasteiger partial charge >= 0.3 is 0 Å². The first-order valence-electron chi connectivity index (χ1n) is 12.5. The number of aryl methyl sites for hydroxylation is 2. The fraction of sp³-hybridized carbons (Fsp3) is 0.393. The molecule has 2 aliphatic heterocycles. The average Bonchev–Trinajstić information content (AvgIpc) is 3.42. The van der Waals surface area contributed by atoms with Crippen molar-refractivity contribution in [2.75, 3.05) is 19.8 Å². The molecule has 0 aliphatic carbocycles. The highest BCUT2D eigenvalue weighted by Gasteiger charge is 2.31. The maximum Gasteiger partial charge on any atom is 0.223 e. The minimum atomic E-state index is 0.0823. The Hall–Kier alpha value is -3.61. The monoisotopic (exact) mass is 470 g/mol. The van der Waals surface area contributed by atoms with Crippen LogP contribution in [0.2, 0.25) is 0 Å². The van der Waals surface area contributed by atoms with Crippen LogP contribution in [0.5, 0.6) is 11.5 Å². The lowest BCUT2D eigenvalue weighted by molar-refractivity contribution is -0.132. The minimum Gasteiger partial charge on any atom is -0.490 e. The number of amides is 1. The predicted octanol–water partition coefficient (Wildman–Crippen LogP) is 4.96. The first-order chi connectivity index (χ1) is 17.1. The molecule has 4 heterocycles. The third-order valence-corrected chi connectivity index (χ3v) is 7.34. The zero-order chi connectivity index (χ0) is 23.9. The molecule has 0 radical (unpaired) electrons. The van der Waals surface area contributed by atoms with Crippen LogP contribution < -0.4 is 9.47 Å². The summed E-state index contributed by atoms with van der Waals surface area (Å²) in [5, 5.41) is 5.80. The predicted molar refractivity (Wildman–Crippen MR) is 134 cm³/mol. The number of fused-ring (bicyclic) bond motifs is 4. The SMILES string of the molecule is Cc1nc2c3ccccc3nn2c(C)c1CCC(=O)N1CCCC1c1ccc2c(c1)OCCCO2. The quantitative estimate of drug-likeness (QED) is 0.422. The Bertz CT molecular complexity index is 1430. The molecular weight excluding hydrogens is 440 g/mol. The van der Waals surface area contributed by atoms with Gasteiger partial charge in [-0.15, -0.1) is 0 Å². The molecule has 2 aromatic heterocycles. The van der Waals surface area contributed by atoms with Crippen molar-refractivity contribution in [2.45, 2.75) is 52.0 Å². The number of hydrogen-bond acceptors (Lipinski definition) is 5. The Morgan fingerprint density at radius 1 is 1.06 bits per heavy atom. The van der Waals surface area contributed by atoms with E-state index in [-0.39, 0.29) is 11.9 Å². The fourth-order valence-electron chi connectivity index (χ4n) is 5.51. The first-order valence-corrected chi connectivity index (χ1v) is 12.5. The number of rotatable bonds is 4. The lowest BCUT2D eigenvalue weighted by Crippen LogP contribution is -2.31. The van der Waals surface area contributed by atoms with Crippen LogP contribution in [0.15, 0.2) is 42.5 Å². The molecular formula is C28H30N4O3. The highest BCUT2D eigenvalue weighted by atomic mass is 16.5. The number of aromatic nitrogens is 3. The van der Waals surface area contributed by atoms with Crippen molar-refractivity contribution in [1.82, 2.24) is 19.5 Å². The number of nitrogens with zero attached hydrogens (tertiary/aromatic N) is 4. The Balaban J connectivity index is 1.22. The Morgan fingerprint density at radius 3 is 2.77 bits per heavy atom. The minimum absolute atomic E-state index is 0.0823. The van der Waals surface area contributed by atoms with Gasteiger partial charge in [0.05, 0.1) is 24.8 Å². The van der Waals surface area contributed by atoms with Gasteiger partial charge in [0, 0.05) is 36.2 Å². The average molecular weight is 471 g/mol. The molecule has 6 rings (SSSR count). The summed E-state index contributed by atoms with van der Waals surface area (Å²) >= 11 is 0. The van der Waals surface area contributed by atoms with Crippen LogP contribution in [-0.4, -0.2) is 45.2 Å². The van der Waals surface area contributed by atoms with Crippen molar-refractivity contribution in [3.63, 3.8) is 0 Å². The van der Waals surface area contributed by atoms with Gasteiger partial charge in [-0.2, -0.15) is 5.10 Å². The topological polar surface area (TPSA) is 69.0 Å². The van der Waals surface area contributed by atoms with Crippen LogP contribution in [0, 0.1) is 13.8 Å². The fourth-order valence-corrected chi connectivity index (χ4v) is 5.51. The molecule has 2 aliphatic rings. The maximum absolute atomic E-state index is 13.4. The standard InChI is InChI=1S/C28H30N4O3/c1-18-21(19(2)32-28(29-18)22-7-3-4-8-23(22)30-32)11-13-27(33)31-14-5-9-24(31)20-10-12-25-26(17-20)35-16-6-15-34-25/h3-4,7-8,10,12,17,24H,5-6,9,11,13-16H2,1-2H3. The van der Waals surface area contributed by atoms with E-state index in [2.05, 4.69) is 25.1 Å². The number of hydrogen-bond donors (Lipinski definition) is 0. The first kappa shape index (κ1) is 21.9. The number of likely N-dealkylation sites (tertiary alicyclic amines) is 1. The Morgan fingerprint density at radius 2 is 1.89 bits per heavy atom. The summed E-state index contributed by atoms with van der Waals surface area (Å²) in [5.41, 5.74) is 6.06. The Labute approximate surface area is 204 Å². The Kier molecular flexibility index (Phi) is 5.55. The van der Waals surface area contributed by atoms with Gasteiger partial charge in [-0.05, 0) is 68.5 Å². The molecule has 0 saturated carbocycles. The van der Waals surface area contributed by atoms with Gasteiger partial charge in [0.15, 0.2) is 17.1 Å². The summed E-state index contributed by atoms with van der Waals surface area (Å²) in [6, 6.07) is 14.3. The van der Waals surface area contributed by atoms with Crippen LogP contribution in [0.1, 0.15) is 54.2 Å². The summed E-state index contributed by atoms with van der Waals surface area (Å²) in [5.74, 6) is 1.77. The summed E-state index contributed by atoms with van der Waals surface area (Å²) in [4.78, 5) is 20.3. The largest absolute Gasteiger partial charge is 0.490 e. The van der Waals surface area contributed by atoms with E-state index < -0.39 is 0 Å². The number of carbonyl (C=O) groups is 1. The zero-order valence-corrected chi connectivity index (χ0v) is 20.3. The van der Waals surface area contributed by atoms with Crippen molar-refractivity contribution in [2.24, 2.45) is 0 Å². The molecule has 1 unspecified atom stereocenters. The van der Waals surface area contributed by atoms with Gasteiger partial charge in [0.2, 0.25) is 5.91 Å². The summed E-state index contributed by atoms with van der Waals surface area (Å²) in [6.45, 7) is 6.23. The smallest absolute Gasteiger partial charge is 0.223 e. The van der Waals surface area contributed by atoms with E-state index in [1.807, 2.05) is 40.6 Å². The zero-order valence-electron chi connectivity index (χ0n) is 20.3. The molecule has 1 atom stereocenters. The molecule has 180 valence electrons. The second kappa shape index (κ2) is 8.87. The highest BCUT2D eigenvalue weighted by Crippen LogP contribution is 2.38. The summed E-state index contributed by atoms with van der Waals surface area (Å²) in [6.07, 6.45) is 3.97. The van der Waals surface area contributed by atoms with E-state index in [1.54, 1.807) is 0 Å². The van der Waals surface area contributed by atoms with Crippen molar-refractivity contribution in [1.29, 1.82) is 0 Å². The van der Waals surface area contributed by atoms with E-state index in [0.717, 1.165) is 76.4 Å². The third-order valence-electron chi connectivity index (χ3n) is 7.34. The molecule has 0 spiro atoms. The molecule has 1 fully saturated rings. The van der Waals surface area contributed by atoms with E-state index in [9.17, 15) is 4.79 Å². The van der Waals surface area contributed by atoms with E-state index in [1.165, 1.54) is 0 Å². The van der Waals surface area contributed by atoms with Gasteiger partial charge in [0.1, 0.15) is 0 Å². The molecule has 2 aromatic carbocycles. The number of benzene rings is 2. The normalized spacial score (nSPS) is 17.8. The molecule has 0 N–H and O–H groups in total. The van der Waals surface area contributed by atoms with E-state index >= 15 is 0 Å². The van der Waals surface area contributed by atoms with Gasteiger partial charge < -0.3 is 14.4 Å². The molecule has 7 nitrogen and oxygen atoms in total. The second-order valence-corrected chi connectivity index (χ2v) is 9.52. The van der Waals surface area contributed by atoms with Crippen molar-refractivity contribution in [3.8, 4) is 11.5 Å². The highest BCUT2D eigenvalue weighted by molar-refractivity contribution is 5.92. The lowest BCUT2D eigenvalue weighted by Gasteiger charge is -2.26. The number of ether oxygens (including phenoxy) is 2. The van der Waals surface area contributed by atoms with Gasteiger partial charge in [0.25, 0.3) is 0 Å². The van der Waals surface area contributed by atoms with Gasteiger partial charge in [-0.1, -0.05) is 18.2 Å². The van der Waals surface area contributed by atoms with Gasteiger partial charge in [-0.25, -0.2) is 9.50 Å².